The molecule has 108 valence electrons. The fourth-order valence-electron chi connectivity index (χ4n) is 4.14. The van der Waals surface area contributed by atoms with Crippen LogP contribution in [0.3, 0.4) is 0 Å². The van der Waals surface area contributed by atoms with Gasteiger partial charge in [0.1, 0.15) is 11.8 Å². The van der Waals surface area contributed by atoms with E-state index in [1.807, 2.05) is 6.92 Å². The molecular weight excluding hydrogens is 282 g/mol. The van der Waals surface area contributed by atoms with Gasteiger partial charge < -0.3 is 14.4 Å². The first-order chi connectivity index (χ1) is 9.57. The maximum absolute atomic E-state index is 12.8. The average Bonchev–Trinajstić information content (AvgIpc) is 2.96. The van der Waals surface area contributed by atoms with Gasteiger partial charge in [-0.25, -0.2) is 0 Å². The highest BCUT2D eigenvalue weighted by Gasteiger charge is 2.82. The van der Waals surface area contributed by atoms with E-state index in [1.165, 1.54) is 11.8 Å². The van der Waals surface area contributed by atoms with Gasteiger partial charge in [-0.05, 0) is 25.0 Å². The van der Waals surface area contributed by atoms with Crippen molar-refractivity contribution >= 4 is 29.6 Å². The molecule has 4 aliphatic heterocycles. The highest BCUT2D eigenvalue weighted by molar-refractivity contribution is 8.01. The van der Waals surface area contributed by atoms with Crippen molar-refractivity contribution in [1.82, 2.24) is 4.90 Å². The molecule has 0 radical (unpaired) electrons. The molecule has 1 spiro atoms. The van der Waals surface area contributed by atoms with E-state index in [2.05, 4.69) is 0 Å². The number of rotatable bonds is 2. The number of fused-ring (bicyclic) bond motifs is 3. The summed E-state index contributed by atoms with van der Waals surface area (Å²) in [6.07, 6.45) is 2.40. The van der Waals surface area contributed by atoms with Crippen molar-refractivity contribution in [3.8, 4) is 0 Å². The summed E-state index contributed by atoms with van der Waals surface area (Å²) in [6.45, 7) is 2.50. The molecule has 0 aromatic heterocycles. The zero-order valence-electron chi connectivity index (χ0n) is 11.1. The first-order valence-corrected chi connectivity index (χ1v) is 7.97. The van der Waals surface area contributed by atoms with Crippen LogP contribution in [0.4, 0.5) is 0 Å². The van der Waals surface area contributed by atoms with E-state index in [1.54, 1.807) is 4.90 Å². The number of hydrogen-bond donors (Lipinski definition) is 0. The SMILES string of the molecule is CCS[C@@]12O[C@]3(CCCCN3C1=O)[C@@H]1C(=O)OC(=O)[C@@H]12. The Bertz CT molecular complexity index is 537. The van der Waals surface area contributed by atoms with Crippen molar-refractivity contribution in [3.63, 3.8) is 0 Å². The summed E-state index contributed by atoms with van der Waals surface area (Å²) in [7, 11) is 0. The van der Waals surface area contributed by atoms with Crippen LogP contribution in [0.25, 0.3) is 0 Å². The largest absolute Gasteiger partial charge is 0.392 e. The second-order valence-electron chi connectivity index (χ2n) is 5.66. The first kappa shape index (κ1) is 12.6. The fourth-order valence-corrected chi connectivity index (χ4v) is 5.42. The van der Waals surface area contributed by atoms with Gasteiger partial charge in [0.15, 0.2) is 5.72 Å². The van der Waals surface area contributed by atoms with Crippen molar-refractivity contribution in [3.05, 3.63) is 0 Å². The fraction of sp³-hybridized carbons (Fsp3) is 0.769. The maximum Gasteiger partial charge on any atom is 0.322 e. The molecule has 0 aliphatic carbocycles. The van der Waals surface area contributed by atoms with E-state index in [0.29, 0.717) is 18.7 Å². The van der Waals surface area contributed by atoms with Crippen LogP contribution in [0, 0.1) is 11.8 Å². The number of cyclic esters (lactones) is 2. The predicted octanol–water partition coefficient (Wildman–Crippen LogP) is 0.504. The molecule has 20 heavy (non-hydrogen) atoms. The highest BCUT2D eigenvalue weighted by atomic mass is 32.2. The number of carbonyl (C=O) groups excluding carboxylic acids is 3. The first-order valence-electron chi connectivity index (χ1n) is 6.98. The number of amides is 1. The maximum atomic E-state index is 12.8. The minimum Gasteiger partial charge on any atom is -0.392 e. The van der Waals surface area contributed by atoms with Crippen molar-refractivity contribution in [2.45, 2.75) is 36.8 Å². The molecular formula is C13H15NO5S. The Hall–Kier alpha value is -1.08. The van der Waals surface area contributed by atoms with Crippen LogP contribution < -0.4 is 0 Å². The summed E-state index contributed by atoms with van der Waals surface area (Å²) in [5, 5.41) is 0. The van der Waals surface area contributed by atoms with Crippen molar-refractivity contribution in [2.24, 2.45) is 11.8 Å². The quantitative estimate of drug-likeness (QED) is 0.546. The Kier molecular flexibility index (Phi) is 2.38. The monoisotopic (exact) mass is 297 g/mol. The Labute approximate surface area is 120 Å². The number of thioether (sulfide) groups is 1. The van der Waals surface area contributed by atoms with Crippen molar-refractivity contribution in [1.29, 1.82) is 0 Å². The average molecular weight is 297 g/mol. The van der Waals surface area contributed by atoms with Gasteiger partial charge in [0.25, 0.3) is 5.91 Å². The Morgan fingerprint density at radius 1 is 1.25 bits per heavy atom. The van der Waals surface area contributed by atoms with E-state index < -0.39 is 34.4 Å². The molecule has 2 bridgehead atoms. The van der Waals surface area contributed by atoms with Gasteiger partial charge in [0.05, 0.1) is 0 Å². The number of hydrogen-bond acceptors (Lipinski definition) is 6. The number of carbonyl (C=O) groups is 3. The third-order valence-electron chi connectivity index (χ3n) is 4.79. The van der Waals surface area contributed by atoms with E-state index in [9.17, 15) is 14.4 Å². The molecule has 7 heteroatoms. The predicted molar refractivity (Wildman–Crippen MR) is 68.3 cm³/mol. The third-order valence-corrected chi connectivity index (χ3v) is 6.02. The van der Waals surface area contributed by atoms with Gasteiger partial charge in [-0.1, -0.05) is 6.92 Å². The molecule has 4 atom stereocenters. The summed E-state index contributed by atoms with van der Waals surface area (Å²) in [5.74, 6) is -2.07. The number of esters is 2. The van der Waals surface area contributed by atoms with Crippen LogP contribution in [0.2, 0.25) is 0 Å². The molecule has 4 aliphatic rings. The lowest BCUT2D eigenvalue weighted by molar-refractivity contribution is -0.168. The molecule has 0 N–H and O–H groups in total. The molecule has 4 fully saturated rings. The van der Waals surface area contributed by atoms with Gasteiger partial charge >= 0.3 is 11.9 Å². The zero-order chi connectivity index (χ0) is 14.1. The Balaban J connectivity index is 1.89. The smallest absolute Gasteiger partial charge is 0.322 e. The summed E-state index contributed by atoms with van der Waals surface area (Å²) in [5.41, 5.74) is -0.939. The summed E-state index contributed by atoms with van der Waals surface area (Å²) in [6, 6.07) is 0. The van der Waals surface area contributed by atoms with E-state index >= 15 is 0 Å². The molecule has 1 amide bonds. The van der Waals surface area contributed by atoms with Crippen LogP contribution in [0.5, 0.6) is 0 Å². The molecule has 4 heterocycles. The van der Waals surface area contributed by atoms with Gasteiger partial charge in [-0.2, -0.15) is 0 Å². The molecule has 0 unspecified atom stereocenters. The highest BCUT2D eigenvalue weighted by Crippen LogP contribution is 2.64. The zero-order valence-corrected chi connectivity index (χ0v) is 11.9. The minimum atomic E-state index is -1.24. The number of ether oxygens (including phenoxy) is 2. The van der Waals surface area contributed by atoms with Crippen LogP contribution in [0.1, 0.15) is 26.2 Å². The van der Waals surface area contributed by atoms with Gasteiger partial charge in [0, 0.05) is 6.54 Å². The van der Waals surface area contributed by atoms with E-state index in [0.717, 1.165) is 12.8 Å². The third kappa shape index (κ3) is 1.16. The summed E-state index contributed by atoms with van der Waals surface area (Å²) >= 11 is 1.31. The lowest BCUT2D eigenvalue weighted by Crippen LogP contribution is -2.61. The van der Waals surface area contributed by atoms with Crippen molar-refractivity contribution in [2.75, 3.05) is 12.3 Å². The van der Waals surface area contributed by atoms with Gasteiger partial charge in [-0.15, -0.1) is 11.8 Å². The van der Waals surface area contributed by atoms with Crippen LogP contribution >= 0.6 is 11.8 Å². The summed E-state index contributed by atoms with van der Waals surface area (Å²) in [4.78, 5) is 37.3. The molecule has 0 aromatic carbocycles. The van der Waals surface area contributed by atoms with Crippen LogP contribution in [-0.2, 0) is 23.9 Å². The minimum absolute atomic E-state index is 0.156. The van der Waals surface area contributed by atoms with Gasteiger partial charge in [-0.3, -0.25) is 14.4 Å². The molecule has 4 rings (SSSR count). The van der Waals surface area contributed by atoms with E-state index in [-0.39, 0.29) is 5.91 Å². The second kappa shape index (κ2) is 3.76. The van der Waals surface area contributed by atoms with Crippen LogP contribution in [0.15, 0.2) is 0 Å². The molecule has 4 saturated heterocycles. The molecule has 0 saturated carbocycles. The molecule has 0 aromatic rings. The molecule has 6 nitrogen and oxygen atoms in total. The normalized spacial score (nSPS) is 45.6. The number of piperidine rings is 2. The lowest BCUT2D eigenvalue weighted by Gasteiger charge is -2.43. The van der Waals surface area contributed by atoms with E-state index in [4.69, 9.17) is 9.47 Å². The Morgan fingerprint density at radius 2 is 2.00 bits per heavy atom. The van der Waals surface area contributed by atoms with Crippen LogP contribution in [-0.4, -0.2) is 45.7 Å². The topological polar surface area (TPSA) is 72.9 Å². The summed E-state index contributed by atoms with van der Waals surface area (Å²) < 4.78 is 11.0. The van der Waals surface area contributed by atoms with Gasteiger partial charge in [0.2, 0.25) is 4.93 Å². The van der Waals surface area contributed by atoms with Crippen molar-refractivity contribution < 1.29 is 23.9 Å². The second-order valence-corrected chi connectivity index (χ2v) is 7.13. The lowest BCUT2D eigenvalue weighted by atomic mass is 9.76. The Morgan fingerprint density at radius 3 is 2.75 bits per heavy atom. The standard InChI is InChI=1S/C13H15NO5S/c1-2-20-13-8-7(9(15)18-10(8)16)12(19-13)5-3-4-6-14(12)11(13)17/h7-8H,2-6H2,1H3/t7-,8+,12+,13+/m0/s1. The number of nitrogens with zero attached hydrogens (tertiary/aromatic N) is 1.